The summed E-state index contributed by atoms with van der Waals surface area (Å²) in [5.41, 5.74) is 1.05. The molecule has 0 aliphatic rings. The Kier molecular flexibility index (Phi) is 4.35. The summed E-state index contributed by atoms with van der Waals surface area (Å²) >= 11 is 17.8. The summed E-state index contributed by atoms with van der Waals surface area (Å²) in [5, 5.41) is 0.543. The highest BCUT2D eigenvalue weighted by molar-refractivity contribution is 6.46. The van der Waals surface area contributed by atoms with E-state index < -0.39 is 5.97 Å². The van der Waals surface area contributed by atoms with E-state index >= 15 is 0 Å². The second kappa shape index (κ2) is 5.83. The van der Waals surface area contributed by atoms with E-state index in [0.29, 0.717) is 5.75 Å². The van der Waals surface area contributed by atoms with Gasteiger partial charge in [-0.3, -0.25) is 0 Å². The van der Waals surface area contributed by atoms with Crippen molar-refractivity contribution in [3.63, 3.8) is 0 Å². The summed E-state index contributed by atoms with van der Waals surface area (Å²) in [7, 11) is 0. The molecular weight excluding hydrogens is 307 g/mol. The molecule has 0 aromatic heterocycles. The maximum absolute atomic E-state index is 12.1. The van der Waals surface area contributed by atoms with Crippen LogP contribution in [-0.4, -0.2) is 5.97 Å². The topological polar surface area (TPSA) is 26.3 Å². The fourth-order valence-corrected chi connectivity index (χ4v) is 2.23. The zero-order chi connectivity index (χ0) is 14.0. The molecular formula is C14H9Cl3O2. The Hall–Kier alpha value is -1.22. The molecule has 2 aromatic rings. The fraction of sp³-hybridized carbons (Fsp3) is 0.0714. The van der Waals surface area contributed by atoms with Crippen molar-refractivity contribution in [2.75, 3.05) is 0 Å². The molecule has 0 fully saturated rings. The van der Waals surface area contributed by atoms with E-state index in [2.05, 4.69) is 0 Å². The number of aryl methyl sites for hydroxylation is 1. The third kappa shape index (κ3) is 3.21. The minimum absolute atomic E-state index is 0.0670. The number of hydrogen-bond acceptors (Lipinski definition) is 2. The maximum atomic E-state index is 12.1. The molecule has 98 valence electrons. The zero-order valence-corrected chi connectivity index (χ0v) is 12.2. The lowest BCUT2D eigenvalue weighted by atomic mass is 10.2. The van der Waals surface area contributed by atoms with Crippen molar-refractivity contribution in [1.29, 1.82) is 0 Å². The molecule has 2 rings (SSSR count). The minimum atomic E-state index is -0.636. The molecule has 0 saturated carbocycles. The van der Waals surface area contributed by atoms with Crippen molar-refractivity contribution in [1.82, 2.24) is 0 Å². The highest BCUT2D eigenvalue weighted by atomic mass is 35.5. The highest BCUT2D eigenvalue weighted by Gasteiger charge is 2.19. The lowest BCUT2D eigenvalue weighted by Gasteiger charge is -2.09. The van der Waals surface area contributed by atoms with Gasteiger partial charge in [0.05, 0.1) is 20.6 Å². The molecule has 0 radical (unpaired) electrons. The van der Waals surface area contributed by atoms with Crippen LogP contribution in [0.15, 0.2) is 36.4 Å². The number of carbonyl (C=O) groups is 1. The van der Waals surface area contributed by atoms with Gasteiger partial charge in [-0.25, -0.2) is 4.79 Å². The Morgan fingerprint density at radius 2 is 1.74 bits per heavy atom. The minimum Gasteiger partial charge on any atom is -0.423 e. The molecule has 0 bridgehead atoms. The number of halogens is 3. The summed E-state index contributed by atoms with van der Waals surface area (Å²) in [5.74, 6) is -0.208. The van der Waals surface area contributed by atoms with Crippen molar-refractivity contribution in [3.05, 3.63) is 62.6 Å². The van der Waals surface area contributed by atoms with E-state index in [1.807, 2.05) is 13.0 Å². The molecule has 0 saturated heterocycles. The molecule has 0 N–H and O–H groups in total. The summed E-state index contributed by atoms with van der Waals surface area (Å²) < 4.78 is 5.23. The van der Waals surface area contributed by atoms with Gasteiger partial charge in [-0.15, -0.1) is 0 Å². The number of rotatable bonds is 2. The number of hydrogen-bond donors (Lipinski definition) is 0. The van der Waals surface area contributed by atoms with Crippen LogP contribution in [0, 0.1) is 6.92 Å². The van der Waals surface area contributed by atoms with Crippen LogP contribution in [0.3, 0.4) is 0 Å². The lowest BCUT2D eigenvalue weighted by Crippen LogP contribution is -2.10. The molecule has 2 nitrogen and oxygen atoms in total. The summed E-state index contributed by atoms with van der Waals surface area (Å²) in [6.07, 6.45) is 0. The predicted octanol–water partition coefficient (Wildman–Crippen LogP) is 5.17. The molecule has 5 heteroatoms. The smallest absolute Gasteiger partial charge is 0.346 e. The first-order valence-corrected chi connectivity index (χ1v) is 6.55. The Labute approximate surface area is 125 Å². The monoisotopic (exact) mass is 314 g/mol. The molecule has 0 aliphatic heterocycles. The molecule has 0 unspecified atom stereocenters. The Morgan fingerprint density at radius 1 is 1.05 bits per heavy atom. The third-order valence-electron chi connectivity index (χ3n) is 2.45. The van der Waals surface area contributed by atoms with E-state index in [9.17, 15) is 4.79 Å². The summed E-state index contributed by atoms with van der Waals surface area (Å²) in [6.45, 7) is 1.90. The van der Waals surface area contributed by atoms with E-state index in [1.54, 1.807) is 18.2 Å². The third-order valence-corrected chi connectivity index (χ3v) is 3.57. The van der Waals surface area contributed by atoms with Gasteiger partial charge >= 0.3 is 5.97 Å². The van der Waals surface area contributed by atoms with Crippen molar-refractivity contribution in [2.45, 2.75) is 6.92 Å². The summed E-state index contributed by atoms with van der Waals surface area (Å²) in [6, 6.07) is 10.1. The van der Waals surface area contributed by atoms with Crippen molar-refractivity contribution in [2.24, 2.45) is 0 Å². The number of esters is 1. The quantitative estimate of drug-likeness (QED) is 0.434. The highest BCUT2D eigenvalue weighted by Crippen LogP contribution is 2.32. The van der Waals surface area contributed by atoms with Crippen molar-refractivity contribution in [3.8, 4) is 5.75 Å². The van der Waals surface area contributed by atoms with Crippen LogP contribution in [0.2, 0.25) is 15.1 Å². The van der Waals surface area contributed by atoms with Gasteiger partial charge in [-0.05, 0) is 36.8 Å². The van der Waals surface area contributed by atoms with Gasteiger partial charge in [0.15, 0.2) is 0 Å². The molecule has 0 aliphatic carbocycles. The van der Waals surface area contributed by atoms with Gasteiger partial charge in [-0.2, -0.15) is 0 Å². The first-order valence-electron chi connectivity index (χ1n) is 5.41. The van der Waals surface area contributed by atoms with Gasteiger partial charge in [0.2, 0.25) is 0 Å². The zero-order valence-electron chi connectivity index (χ0n) is 9.91. The number of benzene rings is 2. The van der Waals surface area contributed by atoms with Gasteiger partial charge in [0, 0.05) is 0 Å². The molecule has 0 spiro atoms. The van der Waals surface area contributed by atoms with Crippen LogP contribution in [0.25, 0.3) is 0 Å². The van der Waals surface area contributed by atoms with E-state index in [0.717, 1.165) is 5.56 Å². The average molecular weight is 316 g/mol. The van der Waals surface area contributed by atoms with Crippen LogP contribution in [-0.2, 0) is 0 Å². The summed E-state index contributed by atoms with van der Waals surface area (Å²) in [4.78, 5) is 12.1. The van der Waals surface area contributed by atoms with Crippen LogP contribution in [0.5, 0.6) is 5.75 Å². The SMILES string of the molecule is Cc1cccc(OC(=O)c2c(Cl)ccc(Cl)c2Cl)c1. The Balaban J connectivity index is 2.33. The van der Waals surface area contributed by atoms with Crippen LogP contribution in [0.4, 0.5) is 0 Å². The van der Waals surface area contributed by atoms with Crippen LogP contribution in [0.1, 0.15) is 15.9 Å². The standard InChI is InChI=1S/C14H9Cl3O2/c1-8-3-2-4-9(7-8)19-14(18)12-10(15)5-6-11(16)13(12)17/h2-7H,1H3. The van der Waals surface area contributed by atoms with Gasteiger partial charge in [0.1, 0.15) is 5.75 Å². The molecule has 2 aromatic carbocycles. The normalized spacial score (nSPS) is 10.3. The van der Waals surface area contributed by atoms with E-state index in [1.165, 1.54) is 12.1 Å². The molecule has 0 amide bonds. The lowest BCUT2D eigenvalue weighted by molar-refractivity contribution is 0.0735. The molecule has 19 heavy (non-hydrogen) atoms. The Bertz CT molecular complexity index is 639. The van der Waals surface area contributed by atoms with Crippen LogP contribution < -0.4 is 4.74 Å². The second-order valence-corrected chi connectivity index (χ2v) is 5.12. The number of ether oxygens (including phenoxy) is 1. The predicted molar refractivity (Wildman–Crippen MR) is 77.6 cm³/mol. The van der Waals surface area contributed by atoms with Gasteiger partial charge in [0.25, 0.3) is 0 Å². The molecule has 0 heterocycles. The first kappa shape index (κ1) is 14.2. The van der Waals surface area contributed by atoms with E-state index in [-0.39, 0.29) is 20.6 Å². The maximum Gasteiger partial charge on any atom is 0.346 e. The van der Waals surface area contributed by atoms with Gasteiger partial charge < -0.3 is 4.74 Å². The van der Waals surface area contributed by atoms with Crippen molar-refractivity contribution >= 4 is 40.8 Å². The van der Waals surface area contributed by atoms with Gasteiger partial charge in [-0.1, -0.05) is 46.9 Å². The van der Waals surface area contributed by atoms with E-state index in [4.69, 9.17) is 39.5 Å². The van der Waals surface area contributed by atoms with Crippen molar-refractivity contribution < 1.29 is 9.53 Å². The van der Waals surface area contributed by atoms with Crippen LogP contribution >= 0.6 is 34.8 Å². The number of carbonyl (C=O) groups excluding carboxylic acids is 1. The second-order valence-electron chi connectivity index (χ2n) is 3.92. The molecule has 0 atom stereocenters. The Morgan fingerprint density at radius 3 is 2.42 bits per heavy atom. The fourth-order valence-electron chi connectivity index (χ4n) is 1.55. The first-order chi connectivity index (χ1) is 8.99. The largest absolute Gasteiger partial charge is 0.423 e. The average Bonchev–Trinajstić information content (AvgIpc) is 2.34.